The van der Waals surface area contributed by atoms with E-state index in [1.807, 2.05) is 30.3 Å². The van der Waals surface area contributed by atoms with Crippen LogP contribution in [0.5, 0.6) is 5.75 Å². The van der Waals surface area contributed by atoms with Gasteiger partial charge in [0.25, 0.3) is 0 Å². The van der Waals surface area contributed by atoms with Crippen molar-refractivity contribution in [3.63, 3.8) is 0 Å². The van der Waals surface area contributed by atoms with Crippen LogP contribution in [-0.2, 0) is 27.4 Å². The highest BCUT2D eigenvalue weighted by molar-refractivity contribution is 5.77. The molecule has 9 nitrogen and oxygen atoms in total. The Morgan fingerprint density at radius 3 is 2.75 bits per heavy atom. The summed E-state index contributed by atoms with van der Waals surface area (Å²) in [4.78, 5) is 22.1. The van der Waals surface area contributed by atoms with E-state index in [1.165, 1.54) is 10.9 Å². The van der Waals surface area contributed by atoms with Crippen LogP contribution < -0.4 is 10.1 Å². The first-order chi connectivity index (χ1) is 11.6. The Balaban J connectivity index is 1.56. The molecular formula is C15H18N4O5. The summed E-state index contributed by atoms with van der Waals surface area (Å²) in [6.45, 7) is 0.424. The number of carbonyl (C=O) groups is 2. The van der Waals surface area contributed by atoms with Gasteiger partial charge in [-0.3, -0.25) is 9.59 Å². The van der Waals surface area contributed by atoms with Crippen LogP contribution in [0.1, 0.15) is 5.69 Å². The monoisotopic (exact) mass is 334 g/mol. The molecule has 1 aromatic heterocycles. The van der Waals surface area contributed by atoms with Crippen molar-refractivity contribution in [1.82, 2.24) is 20.3 Å². The van der Waals surface area contributed by atoms with Gasteiger partial charge in [-0.25, -0.2) is 4.68 Å². The Bertz CT molecular complexity index is 659. The third-order valence-electron chi connectivity index (χ3n) is 2.82. The van der Waals surface area contributed by atoms with Crippen LogP contribution in [0, 0.1) is 0 Å². The lowest BCUT2D eigenvalue weighted by molar-refractivity contribution is -0.138. The number of carboxylic acid groups (broad SMARTS) is 1. The summed E-state index contributed by atoms with van der Waals surface area (Å²) in [7, 11) is 0. The zero-order valence-corrected chi connectivity index (χ0v) is 12.9. The van der Waals surface area contributed by atoms with Crippen LogP contribution in [0.2, 0.25) is 0 Å². The van der Waals surface area contributed by atoms with Crippen molar-refractivity contribution < 1.29 is 24.2 Å². The van der Waals surface area contributed by atoms with Crippen molar-refractivity contribution in [3.05, 3.63) is 42.2 Å². The number of ether oxygens (including phenoxy) is 2. The van der Waals surface area contributed by atoms with E-state index >= 15 is 0 Å². The Kier molecular flexibility index (Phi) is 6.72. The first-order valence-electron chi connectivity index (χ1n) is 7.26. The molecule has 1 heterocycles. The van der Waals surface area contributed by atoms with Gasteiger partial charge >= 0.3 is 5.97 Å². The first-order valence-corrected chi connectivity index (χ1v) is 7.26. The molecule has 2 rings (SSSR count). The Morgan fingerprint density at radius 1 is 1.21 bits per heavy atom. The van der Waals surface area contributed by atoms with Gasteiger partial charge in [-0.05, 0) is 12.1 Å². The topological polar surface area (TPSA) is 116 Å². The first kappa shape index (κ1) is 17.4. The van der Waals surface area contributed by atoms with Crippen molar-refractivity contribution in [2.45, 2.75) is 13.1 Å². The molecule has 0 saturated heterocycles. The van der Waals surface area contributed by atoms with Gasteiger partial charge in [0.15, 0.2) is 0 Å². The second-order valence-electron chi connectivity index (χ2n) is 4.79. The number of nitrogens with one attached hydrogen (secondary N) is 1. The number of benzene rings is 1. The summed E-state index contributed by atoms with van der Waals surface area (Å²) in [5.74, 6) is -0.570. The third-order valence-corrected chi connectivity index (χ3v) is 2.82. The zero-order chi connectivity index (χ0) is 17.2. The Morgan fingerprint density at radius 2 is 2.00 bits per heavy atom. The Labute approximate surface area is 138 Å². The SMILES string of the molecule is O=C(O)Cn1cc(CNC(=O)COCCOc2ccccc2)nn1. The van der Waals surface area contributed by atoms with Crippen molar-refractivity contribution in [1.29, 1.82) is 0 Å². The molecule has 0 aliphatic carbocycles. The molecule has 0 spiro atoms. The second-order valence-corrected chi connectivity index (χ2v) is 4.79. The average Bonchev–Trinajstić information content (AvgIpc) is 3.00. The molecule has 1 amide bonds. The van der Waals surface area contributed by atoms with Gasteiger partial charge in [-0.15, -0.1) is 5.10 Å². The highest BCUT2D eigenvalue weighted by Crippen LogP contribution is 2.07. The number of carbonyl (C=O) groups excluding carboxylic acids is 1. The lowest BCUT2D eigenvalue weighted by Gasteiger charge is -2.07. The number of para-hydroxylation sites is 1. The molecule has 0 unspecified atom stereocenters. The number of aliphatic carboxylic acids is 1. The van der Waals surface area contributed by atoms with Crippen molar-refractivity contribution >= 4 is 11.9 Å². The summed E-state index contributed by atoms with van der Waals surface area (Å²) < 4.78 is 11.8. The summed E-state index contributed by atoms with van der Waals surface area (Å²) >= 11 is 0. The van der Waals surface area contributed by atoms with Crippen LogP contribution in [0.25, 0.3) is 0 Å². The average molecular weight is 334 g/mol. The molecule has 0 atom stereocenters. The van der Waals surface area contributed by atoms with E-state index in [2.05, 4.69) is 15.6 Å². The summed E-state index contributed by atoms with van der Waals surface area (Å²) in [6, 6.07) is 9.31. The number of amides is 1. The zero-order valence-electron chi connectivity index (χ0n) is 12.9. The molecule has 0 aliphatic heterocycles. The molecule has 0 bridgehead atoms. The van der Waals surface area contributed by atoms with E-state index in [1.54, 1.807) is 0 Å². The van der Waals surface area contributed by atoms with Gasteiger partial charge in [-0.1, -0.05) is 23.4 Å². The van der Waals surface area contributed by atoms with Crippen LogP contribution in [0.15, 0.2) is 36.5 Å². The standard InChI is InChI=1S/C15H18N4O5/c20-14(11-23-6-7-24-13-4-2-1-3-5-13)16-8-12-9-19(18-17-12)10-15(21)22/h1-5,9H,6-8,10-11H2,(H,16,20)(H,21,22). The maximum Gasteiger partial charge on any atom is 0.325 e. The van der Waals surface area contributed by atoms with Gasteiger partial charge in [0.05, 0.1) is 19.3 Å². The quantitative estimate of drug-likeness (QED) is 0.591. The molecule has 0 fully saturated rings. The van der Waals surface area contributed by atoms with E-state index < -0.39 is 5.97 Å². The highest BCUT2D eigenvalue weighted by atomic mass is 16.5. The predicted octanol–water partition coefficient (Wildman–Crippen LogP) is 0.0745. The number of hydrogen-bond acceptors (Lipinski definition) is 6. The van der Waals surface area contributed by atoms with Crippen LogP contribution in [0.3, 0.4) is 0 Å². The molecule has 0 radical (unpaired) electrons. The number of hydrogen-bond donors (Lipinski definition) is 2. The maximum atomic E-state index is 11.6. The molecule has 1 aromatic carbocycles. The van der Waals surface area contributed by atoms with E-state index in [4.69, 9.17) is 14.6 Å². The molecule has 128 valence electrons. The minimum atomic E-state index is -1.01. The largest absolute Gasteiger partial charge is 0.491 e. The van der Waals surface area contributed by atoms with Gasteiger partial charge in [0.1, 0.15) is 31.2 Å². The molecular weight excluding hydrogens is 316 g/mol. The fraction of sp³-hybridized carbons (Fsp3) is 0.333. The molecule has 0 aliphatic rings. The van der Waals surface area contributed by atoms with Gasteiger partial charge in [0, 0.05) is 0 Å². The van der Waals surface area contributed by atoms with E-state index in [-0.39, 0.29) is 32.2 Å². The Hall–Kier alpha value is -2.94. The minimum Gasteiger partial charge on any atom is -0.491 e. The highest BCUT2D eigenvalue weighted by Gasteiger charge is 2.06. The second kappa shape index (κ2) is 9.26. The fourth-order valence-corrected chi connectivity index (χ4v) is 1.78. The van der Waals surface area contributed by atoms with E-state index in [0.717, 1.165) is 5.75 Å². The van der Waals surface area contributed by atoms with Gasteiger partial charge in [-0.2, -0.15) is 0 Å². The van der Waals surface area contributed by atoms with Crippen LogP contribution in [-0.4, -0.2) is 51.8 Å². The van der Waals surface area contributed by atoms with Crippen molar-refractivity contribution in [2.75, 3.05) is 19.8 Å². The predicted molar refractivity (Wildman–Crippen MR) is 82.3 cm³/mol. The van der Waals surface area contributed by atoms with Gasteiger partial charge < -0.3 is 19.9 Å². The van der Waals surface area contributed by atoms with Crippen LogP contribution in [0.4, 0.5) is 0 Å². The number of rotatable bonds is 10. The van der Waals surface area contributed by atoms with Gasteiger partial charge in [0.2, 0.25) is 5.91 Å². The molecule has 9 heteroatoms. The lowest BCUT2D eigenvalue weighted by atomic mass is 10.3. The molecule has 0 saturated carbocycles. The number of carboxylic acids is 1. The summed E-state index contributed by atoms with van der Waals surface area (Å²) in [5, 5.41) is 18.6. The fourth-order valence-electron chi connectivity index (χ4n) is 1.78. The molecule has 2 aromatic rings. The normalized spacial score (nSPS) is 10.3. The van der Waals surface area contributed by atoms with Crippen molar-refractivity contribution in [3.8, 4) is 5.75 Å². The lowest BCUT2D eigenvalue weighted by Crippen LogP contribution is -2.28. The molecule has 24 heavy (non-hydrogen) atoms. The third kappa shape index (κ3) is 6.44. The maximum absolute atomic E-state index is 11.6. The molecule has 2 N–H and O–H groups in total. The summed E-state index contributed by atoms with van der Waals surface area (Å²) in [6.07, 6.45) is 1.46. The van der Waals surface area contributed by atoms with Crippen LogP contribution >= 0.6 is 0 Å². The smallest absolute Gasteiger partial charge is 0.325 e. The minimum absolute atomic E-state index is 0.0958. The van der Waals surface area contributed by atoms with E-state index in [0.29, 0.717) is 12.3 Å². The number of nitrogens with zero attached hydrogens (tertiary/aromatic N) is 3. The van der Waals surface area contributed by atoms with Crippen molar-refractivity contribution in [2.24, 2.45) is 0 Å². The summed E-state index contributed by atoms with van der Waals surface area (Å²) in [5.41, 5.74) is 0.469. The number of aromatic nitrogens is 3. The van der Waals surface area contributed by atoms with E-state index in [9.17, 15) is 9.59 Å².